The molecule has 0 unspecified atom stereocenters. The largest absolute Gasteiger partial charge is 0.294 e. The number of ketones is 1. The van der Waals surface area contributed by atoms with Gasteiger partial charge in [0.25, 0.3) is 0 Å². The highest BCUT2D eigenvalue weighted by atomic mass is 28.3. The highest BCUT2D eigenvalue weighted by molar-refractivity contribution is 6.81. The molecule has 0 N–H and O–H groups in total. The lowest BCUT2D eigenvalue weighted by atomic mass is 9.98. The summed E-state index contributed by atoms with van der Waals surface area (Å²) in [5.74, 6) is 0.320. The molecule has 2 heteroatoms. The zero-order valence-corrected chi connectivity index (χ0v) is 9.76. The summed E-state index contributed by atoms with van der Waals surface area (Å²) in [6.07, 6.45) is 6.94. The molecule has 1 aliphatic rings. The Bertz CT molecular complexity index is 256. The van der Waals surface area contributed by atoms with Gasteiger partial charge in [0.05, 0.1) is 8.07 Å². The lowest BCUT2D eigenvalue weighted by Crippen LogP contribution is -2.16. The summed E-state index contributed by atoms with van der Waals surface area (Å²) < 4.78 is 0. The predicted molar refractivity (Wildman–Crippen MR) is 59.4 cm³/mol. The third-order valence-corrected chi connectivity index (χ3v) is 3.22. The van der Waals surface area contributed by atoms with Gasteiger partial charge in [-0.2, -0.15) is 0 Å². The summed E-state index contributed by atoms with van der Waals surface area (Å²) in [4.78, 5) is 11.4. The van der Waals surface area contributed by atoms with Crippen LogP contribution < -0.4 is 0 Å². The Balaban J connectivity index is 2.68. The maximum atomic E-state index is 11.4. The van der Waals surface area contributed by atoms with Gasteiger partial charge in [0, 0.05) is 12.0 Å². The zero-order chi connectivity index (χ0) is 9.90. The van der Waals surface area contributed by atoms with E-state index in [1.54, 1.807) is 0 Å². The molecule has 0 aromatic rings. The minimum Gasteiger partial charge on any atom is -0.294 e. The molecule has 0 saturated heterocycles. The molecule has 0 spiro atoms. The Labute approximate surface area is 81.5 Å². The van der Waals surface area contributed by atoms with E-state index in [1.165, 1.54) is 0 Å². The lowest BCUT2D eigenvalue weighted by Gasteiger charge is -2.11. The number of hydrogen-bond acceptors (Lipinski definition) is 1. The zero-order valence-electron chi connectivity index (χ0n) is 8.76. The number of hydrogen-bond donors (Lipinski definition) is 0. The maximum Gasteiger partial charge on any atom is 0.162 e. The van der Waals surface area contributed by atoms with Crippen molar-refractivity contribution in [3.05, 3.63) is 23.4 Å². The molecule has 1 rings (SSSR count). The van der Waals surface area contributed by atoms with Crippen LogP contribution in [0.25, 0.3) is 0 Å². The van der Waals surface area contributed by atoms with Crippen LogP contribution in [-0.4, -0.2) is 13.9 Å². The summed E-state index contributed by atoms with van der Waals surface area (Å²) in [6, 6.07) is 0. The predicted octanol–water partition coefficient (Wildman–Crippen LogP) is 3.10. The fourth-order valence-electron chi connectivity index (χ4n) is 1.28. The Morgan fingerprint density at radius 1 is 1.38 bits per heavy atom. The van der Waals surface area contributed by atoms with Crippen molar-refractivity contribution in [1.29, 1.82) is 0 Å². The SMILES string of the molecule is C[Si](C)(C)/C=C/C1=CCCCC1=O. The highest BCUT2D eigenvalue weighted by Gasteiger charge is 2.12. The Hall–Kier alpha value is -0.633. The van der Waals surface area contributed by atoms with E-state index in [4.69, 9.17) is 0 Å². The van der Waals surface area contributed by atoms with Crippen molar-refractivity contribution in [2.45, 2.75) is 38.9 Å². The van der Waals surface area contributed by atoms with Crippen molar-refractivity contribution >= 4 is 13.9 Å². The van der Waals surface area contributed by atoms with E-state index >= 15 is 0 Å². The fraction of sp³-hybridized carbons (Fsp3) is 0.545. The summed E-state index contributed by atoms with van der Waals surface area (Å²) in [6.45, 7) is 6.83. The summed E-state index contributed by atoms with van der Waals surface area (Å²) in [5, 5.41) is 0. The average Bonchev–Trinajstić information content (AvgIpc) is 2.01. The molecule has 0 atom stereocenters. The van der Waals surface area contributed by atoms with Crippen LogP contribution in [0.5, 0.6) is 0 Å². The standard InChI is InChI=1S/C11H18OSi/c1-13(2,3)9-8-10-6-4-5-7-11(10)12/h6,8-9H,4-5,7H2,1-3H3/b9-8+. The second-order valence-electron chi connectivity index (χ2n) is 4.67. The monoisotopic (exact) mass is 194 g/mol. The van der Waals surface area contributed by atoms with Crippen LogP contribution >= 0.6 is 0 Å². The van der Waals surface area contributed by atoms with Gasteiger partial charge < -0.3 is 0 Å². The van der Waals surface area contributed by atoms with Gasteiger partial charge in [-0.1, -0.05) is 37.5 Å². The molecule has 0 heterocycles. The number of allylic oxidation sites excluding steroid dienone is 3. The topological polar surface area (TPSA) is 17.1 Å². The van der Waals surface area contributed by atoms with Gasteiger partial charge >= 0.3 is 0 Å². The van der Waals surface area contributed by atoms with Gasteiger partial charge in [0.2, 0.25) is 0 Å². The second-order valence-corrected chi connectivity index (χ2v) is 9.74. The molecule has 0 aliphatic heterocycles. The van der Waals surface area contributed by atoms with Gasteiger partial charge in [-0.05, 0) is 12.8 Å². The first-order valence-electron chi connectivity index (χ1n) is 4.92. The molecule has 72 valence electrons. The Morgan fingerprint density at radius 3 is 2.62 bits per heavy atom. The normalized spacial score (nSPS) is 19.3. The van der Waals surface area contributed by atoms with Crippen molar-refractivity contribution in [3.63, 3.8) is 0 Å². The van der Waals surface area contributed by atoms with Crippen molar-refractivity contribution in [2.75, 3.05) is 0 Å². The van der Waals surface area contributed by atoms with E-state index in [-0.39, 0.29) is 0 Å². The Kier molecular flexibility index (Phi) is 3.26. The van der Waals surface area contributed by atoms with Crippen LogP contribution in [0.2, 0.25) is 19.6 Å². The molecule has 0 fully saturated rings. The fourth-order valence-corrected chi connectivity index (χ4v) is 1.96. The van der Waals surface area contributed by atoms with Crippen molar-refractivity contribution < 1.29 is 4.79 Å². The van der Waals surface area contributed by atoms with E-state index in [0.717, 1.165) is 24.8 Å². The number of Topliss-reactive ketones (excluding diaryl/α,β-unsaturated/α-hetero) is 1. The number of rotatable bonds is 2. The van der Waals surface area contributed by atoms with E-state index in [1.807, 2.05) is 6.08 Å². The smallest absolute Gasteiger partial charge is 0.162 e. The minimum atomic E-state index is -1.14. The molecule has 0 aromatic heterocycles. The van der Waals surface area contributed by atoms with Gasteiger partial charge in [0.15, 0.2) is 5.78 Å². The van der Waals surface area contributed by atoms with Crippen LogP contribution in [0.1, 0.15) is 19.3 Å². The van der Waals surface area contributed by atoms with E-state index in [2.05, 4.69) is 31.4 Å². The molecular formula is C11H18OSi. The van der Waals surface area contributed by atoms with Gasteiger partial charge in [-0.15, -0.1) is 0 Å². The van der Waals surface area contributed by atoms with E-state index < -0.39 is 8.07 Å². The van der Waals surface area contributed by atoms with Crippen LogP contribution in [0.4, 0.5) is 0 Å². The molecular weight excluding hydrogens is 176 g/mol. The van der Waals surface area contributed by atoms with Gasteiger partial charge in [-0.3, -0.25) is 4.79 Å². The van der Waals surface area contributed by atoms with Crippen LogP contribution in [-0.2, 0) is 4.79 Å². The van der Waals surface area contributed by atoms with Crippen LogP contribution in [0, 0.1) is 0 Å². The molecule has 0 saturated carbocycles. The maximum absolute atomic E-state index is 11.4. The molecule has 0 aromatic carbocycles. The van der Waals surface area contributed by atoms with Crippen molar-refractivity contribution in [1.82, 2.24) is 0 Å². The van der Waals surface area contributed by atoms with Gasteiger partial charge in [-0.25, -0.2) is 0 Å². The molecule has 0 amide bonds. The summed E-state index contributed by atoms with van der Waals surface area (Å²) >= 11 is 0. The minimum absolute atomic E-state index is 0.320. The van der Waals surface area contributed by atoms with E-state index in [9.17, 15) is 4.79 Å². The number of carbonyl (C=O) groups is 1. The highest BCUT2D eigenvalue weighted by Crippen LogP contribution is 2.16. The van der Waals surface area contributed by atoms with Crippen molar-refractivity contribution in [3.8, 4) is 0 Å². The third kappa shape index (κ3) is 3.72. The molecule has 0 radical (unpaired) electrons. The van der Waals surface area contributed by atoms with Crippen LogP contribution in [0.15, 0.2) is 23.4 Å². The van der Waals surface area contributed by atoms with Gasteiger partial charge in [0.1, 0.15) is 0 Å². The third-order valence-electron chi connectivity index (χ3n) is 2.06. The quantitative estimate of drug-likeness (QED) is 0.617. The van der Waals surface area contributed by atoms with Crippen LogP contribution in [0.3, 0.4) is 0 Å². The first kappa shape index (κ1) is 10.4. The van der Waals surface area contributed by atoms with Crippen molar-refractivity contribution in [2.24, 2.45) is 0 Å². The first-order chi connectivity index (χ1) is 5.99. The summed E-state index contributed by atoms with van der Waals surface area (Å²) in [5.41, 5.74) is 3.18. The number of carbonyl (C=O) groups excluding carboxylic acids is 1. The first-order valence-corrected chi connectivity index (χ1v) is 8.49. The molecule has 13 heavy (non-hydrogen) atoms. The Morgan fingerprint density at radius 2 is 2.08 bits per heavy atom. The molecule has 1 aliphatic carbocycles. The molecule has 0 bridgehead atoms. The molecule has 1 nitrogen and oxygen atoms in total. The lowest BCUT2D eigenvalue weighted by molar-refractivity contribution is -0.115. The summed E-state index contributed by atoms with van der Waals surface area (Å²) in [7, 11) is -1.14. The second kappa shape index (κ2) is 4.05. The van der Waals surface area contributed by atoms with E-state index in [0.29, 0.717) is 5.78 Å². The average molecular weight is 194 g/mol.